The number of benzene rings is 2. The van der Waals surface area contributed by atoms with Gasteiger partial charge in [-0.05, 0) is 62.2 Å². The number of likely N-dealkylation sites (tertiary alicyclic amines) is 1. The molecule has 4 rings (SSSR count). The van der Waals surface area contributed by atoms with Crippen molar-refractivity contribution < 1.29 is 14.6 Å². The zero-order valence-corrected chi connectivity index (χ0v) is 19.6. The van der Waals surface area contributed by atoms with Gasteiger partial charge in [0, 0.05) is 5.69 Å². The molecule has 1 aliphatic heterocycles. The van der Waals surface area contributed by atoms with Gasteiger partial charge in [-0.1, -0.05) is 42.8 Å². The van der Waals surface area contributed by atoms with Gasteiger partial charge in [0.2, 0.25) is 0 Å². The first-order valence-corrected chi connectivity index (χ1v) is 11.5. The Hall–Kier alpha value is -3.25. The number of aryl methyl sites for hydroxylation is 1. The Morgan fingerprint density at radius 3 is 2.30 bits per heavy atom. The summed E-state index contributed by atoms with van der Waals surface area (Å²) in [5.74, 6) is 1.27. The third kappa shape index (κ3) is 4.76. The van der Waals surface area contributed by atoms with Crippen molar-refractivity contribution in [2.24, 2.45) is 0 Å². The fourth-order valence-corrected chi connectivity index (χ4v) is 4.75. The Bertz CT molecular complexity index is 1150. The Kier molecular flexibility index (Phi) is 7.04. The highest BCUT2D eigenvalue weighted by Gasteiger charge is 2.30. The van der Waals surface area contributed by atoms with Crippen molar-refractivity contribution in [3.63, 3.8) is 0 Å². The van der Waals surface area contributed by atoms with E-state index in [-0.39, 0.29) is 17.4 Å². The van der Waals surface area contributed by atoms with E-state index in [1.54, 1.807) is 24.9 Å². The molecule has 2 heterocycles. The summed E-state index contributed by atoms with van der Waals surface area (Å²) in [5, 5.41) is 11.1. The molecule has 33 heavy (non-hydrogen) atoms. The lowest BCUT2D eigenvalue weighted by atomic mass is 9.94. The normalized spacial score (nSPS) is 15.2. The second kappa shape index (κ2) is 10.1. The second-order valence-corrected chi connectivity index (χ2v) is 8.58. The first-order chi connectivity index (χ1) is 16.0. The van der Waals surface area contributed by atoms with Crippen LogP contribution >= 0.6 is 0 Å². The van der Waals surface area contributed by atoms with Gasteiger partial charge in [0.25, 0.3) is 5.56 Å². The quantitative estimate of drug-likeness (QED) is 0.577. The van der Waals surface area contributed by atoms with Crippen molar-refractivity contribution in [2.75, 3.05) is 27.3 Å². The van der Waals surface area contributed by atoms with Gasteiger partial charge in [0.05, 0.1) is 32.4 Å². The van der Waals surface area contributed by atoms with E-state index in [1.165, 1.54) is 6.42 Å². The van der Waals surface area contributed by atoms with E-state index in [0.29, 0.717) is 23.6 Å². The lowest BCUT2D eigenvalue weighted by Crippen LogP contribution is -2.38. The van der Waals surface area contributed by atoms with Crippen molar-refractivity contribution in [3.05, 3.63) is 87.3 Å². The molecule has 0 aliphatic carbocycles. The Balaban J connectivity index is 1.87. The predicted molar refractivity (Wildman–Crippen MR) is 129 cm³/mol. The summed E-state index contributed by atoms with van der Waals surface area (Å²) >= 11 is 0. The van der Waals surface area contributed by atoms with Crippen molar-refractivity contribution in [3.8, 4) is 17.2 Å². The summed E-state index contributed by atoms with van der Waals surface area (Å²) in [5.41, 5.74) is 2.92. The van der Waals surface area contributed by atoms with Crippen molar-refractivity contribution >= 4 is 0 Å². The van der Waals surface area contributed by atoms with E-state index in [9.17, 15) is 9.90 Å². The second-order valence-electron chi connectivity index (χ2n) is 8.58. The number of hydrogen-bond donors (Lipinski definition) is 1. The third-order valence-electron chi connectivity index (χ3n) is 6.46. The predicted octanol–water partition coefficient (Wildman–Crippen LogP) is 4.50. The fraction of sp³-hybridized carbons (Fsp3) is 0.370. The number of hydrogen-bond acceptors (Lipinski definition) is 5. The van der Waals surface area contributed by atoms with E-state index >= 15 is 0 Å². The average Bonchev–Trinajstić information content (AvgIpc) is 2.85. The van der Waals surface area contributed by atoms with Crippen molar-refractivity contribution in [2.45, 2.75) is 38.8 Å². The number of piperidine rings is 1. The number of aromatic nitrogens is 1. The topological polar surface area (TPSA) is 63.9 Å². The van der Waals surface area contributed by atoms with Crippen LogP contribution < -0.4 is 15.0 Å². The minimum absolute atomic E-state index is 0.0344. The van der Waals surface area contributed by atoms with Gasteiger partial charge in [-0.15, -0.1) is 0 Å². The number of pyridine rings is 1. The highest BCUT2D eigenvalue weighted by Crippen LogP contribution is 2.38. The molecule has 3 aromatic rings. The number of aromatic hydroxyl groups is 1. The van der Waals surface area contributed by atoms with Crippen LogP contribution in [-0.2, 0) is 6.54 Å². The van der Waals surface area contributed by atoms with Crippen LogP contribution in [0.15, 0.2) is 59.4 Å². The number of rotatable bonds is 7. The van der Waals surface area contributed by atoms with Crippen LogP contribution in [0.4, 0.5) is 0 Å². The molecule has 0 saturated carbocycles. The zero-order valence-electron chi connectivity index (χ0n) is 19.6. The molecule has 1 fully saturated rings. The van der Waals surface area contributed by atoms with Gasteiger partial charge < -0.3 is 19.1 Å². The maximum absolute atomic E-state index is 13.9. The molecule has 6 nitrogen and oxygen atoms in total. The largest absolute Gasteiger partial charge is 0.507 e. The maximum atomic E-state index is 13.9. The summed E-state index contributed by atoms with van der Waals surface area (Å²) in [7, 11) is 3.21. The van der Waals surface area contributed by atoms with Crippen LogP contribution in [0.1, 0.15) is 47.7 Å². The number of ether oxygens (including phenoxy) is 2. The van der Waals surface area contributed by atoms with Crippen molar-refractivity contribution in [1.82, 2.24) is 9.47 Å². The molecule has 0 spiro atoms. The number of methoxy groups -OCH3 is 2. The molecule has 1 aromatic heterocycles. The first kappa shape index (κ1) is 22.9. The molecule has 1 aliphatic rings. The van der Waals surface area contributed by atoms with Crippen LogP contribution in [0.2, 0.25) is 0 Å². The lowest BCUT2D eigenvalue weighted by Gasteiger charge is -2.35. The van der Waals surface area contributed by atoms with Crippen LogP contribution in [0.25, 0.3) is 0 Å². The van der Waals surface area contributed by atoms with E-state index in [2.05, 4.69) is 4.90 Å². The van der Waals surface area contributed by atoms with Crippen molar-refractivity contribution in [1.29, 1.82) is 0 Å². The monoisotopic (exact) mass is 448 g/mol. The van der Waals surface area contributed by atoms with Gasteiger partial charge in [0.15, 0.2) is 11.5 Å². The minimum atomic E-state index is -0.375. The van der Waals surface area contributed by atoms with Crippen LogP contribution in [0, 0.1) is 6.92 Å². The smallest absolute Gasteiger partial charge is 0.259 e. The van der Waals surface area contributed by atoms with Gasteiger partial charge in [0.1, 0.15) is 5.75 Å². The summed E-state index contributed by atoms with van der Waals surface area (Å²) in [6, 6.07) is 17.0. The maximum Gasteiger partial charge on any atom is 0.259 e. The van der Waals surface area contributed by atoms with Gasteiger partial charge in [-0.25, -0.2) is 0 Å². The summed E-state index contributed by atoms with van der Waals surface area (Å²) in [4.78, 5) is 16.2. The van der Waals surface area contributed by atoms with Crippen LogP contribution in [-0.4, -0.2) is 41.9 Å². The molecular formula is C27H32N2O4. The van der Waals surface area contributed by atoms with Gasteiger partial charge >= 0.3 is 0 Å². The Morgan fingerprint density at radius 1 is 0.939 bits per heavy atom. The molecule has 2 aromatic carbocycles. The minimum Gasteiger partial charge on any atom is -0.507 e. The molecule has 1 N–H and O–H groups in total. The van der Waals surface area contributed by atoms with E-state index < -0.39 is 0 Å². The van der Waals surface area contributed by atoms with Crippen LogP contribution in [0.3, 0.4) is 0 Å². The standard InChI is InChI=1S/C27H32N2O4/c1-19-16-22(30)25(27(31)29(19)18-20-10-6-4-7-11-20)26(28-14-8-5-9-15-28)21-12-13-23(32-2)24(17-21)33-3/h4,6-7,10-13,16-17,26,30H,5,8-9,14-15,18H2,1-3H3/t26-/m0/s1. The Labute approximate surface area is 195 Å². The zero-order chi connectivity index (χ0) is 23.4. The molecule has 0 unspecified atom stereocenters. The SMILES string of the molecule is COc1ccc([C@@H](c2c(O)cc(C)n(Cc3ccccc3)c2=O)N2CCCCC2)cc1OC. The molecule has 174 valence electrons. The molecule has 0 bridgehead atoms. The lowest BCUT2D eigenvalue weighted by molar-refractivity contribution is 0.183. The molecule has 0 amide bonds. The summed E-state index contributed by atoms with van der Waals surface area (Å²) < 4.78 is 12.7. The fourth-order valence-electron chi connectivity index (χ4n) is 4.75. The van der Waals surface area contributed by atoms with Gasteiger partial charge in [-0.2, -0.15) is 0 Å². The first-order valence-electron chi connectivity index (χ1n) is 11.5. The third-order valence-corrected chi connectivity index (χ3v) is 6.46. The molecule has 1 atom stereocenters. The van der Waals surface area contributed by atoms with E-state index in [1.807, 2.05) is 55.5 Å². The Morgan fingerprint density at radius 2 is 1.64 bits per heavy atom. The molecule has 0 radical (unpaired) electrons. The van der Waals surface area contributed by atoms with E-state index in [0.717, 1.165) is 42.8 Å². The molecule has 1 saturated heterocycles. The summed E-state index contributed by atoms with van der Waals surface area (Å²) in [6.45, 7) is 4.05. The van der Waals surface area contributed by atoms with Gasteiger partial charge in [-0.3, -0.25) is 9.69 Å². The highest BCUT2D eigenvalue weighted by atomic mass is 16.5. The highest BCUT2D eigenvalue weighted by molar-refractivity contribution is 5.48. The van der Waals surface area contributed by atoms with E-state index in [4.69, 9.17) is 9.47 Å². The summed E-state index contributed by atoms with van der Waals surface area (Å²) in [6.07, 6.45) is 3.30. The molecule has 6 heteroatoms. The molecular weight excluding hydrogens is 416 g/mol. The average molecular weight is 449 g/mol. The number of nitrogens with zero attached hydrogens (tertiary/aromatic N) is 2. The van der Waals surface area contributed by atoms with Crippen LogP contribution in [0.5, 0.6) is 17.2 Å².